The Bertz CT molecular complexity index is 1230. The molecule has 0 spiro atoms. The molecule has 196 valence electrons. The minimum Gasteiger partial charge on any atom is -0.465 e. The number of ether oxygens (including phenoxy) is 1. The lowest BCUT2D eigenvalue weighted by atomic mass is 9.99. The van der Waals surface area contributed by atoms with Gasteiger partial charge in [-0.15, -0.1) is 0 Å². The monoisotopic (exact) mass is 517 g/mol. The van der Waals surface area contributed by atoms with Crippen LogP contribution in [0.15, 0.2) is 42.5 Å². The number of nitrogens with zero attached hydrogens (tertiary/aromatic N) is 2. The first-order chi connectivity index (χ1) is 17.5. The lowest BCUT2D eigenvalue weighted by molar-refractivity contribution is -0.154. The Labute approximate surface area is 211 Å². The number of carbonyl (C=O) groups is 4. The Kier molecular flexibility index (Phi) is 7.24. The average Bonchev–Trinajstić information content (AvgIpc) is 3.28. The number of carbonyl (C=O) groups excluding carboxylic acids is 4. The first-order valence-corrected chi connectivity index (χ1v) is 11.9. The highest BCUT2D eigenvalue weighted by atomic mass is 19.4. The number of amides is 4. The Hall–Kier alpha value is -3.89. The number of hydrogen-bond acceptors (Lipinski definition) is 5. The molecule has 0 saturated carbocycles. The van der Waals surface area contributed by atoms with Gasteiger partial charge in [0.15, 0.2) is 5.92 Å². The van der Waals surface area contributed by atoms with Gasteiger partial charge < -0.3 is 10.1 Å². The number of esters is 1. The van der Waals surface area contributed by atoms with Gasteiger partial charge in [-0.1, -0.05) is 24.3 Å². The van der Waals surface area contributed by atoms with Crippen molar-refractivity contribution in [3.05, 3.63) is 64.7 Å². The normalized spacial score (nSPS) is 20.3. The molecule has 8 nitrogen and oxygen atoms in total. The Morgan fingerprint density at radius 2 is 1.81 bits per heavy atom. The summed E-state index contributed by atoms with van der Waals surface area (Å²) >= 11 is 0. The fraction of sp³-hybridized carbons (Fsp3) is 0.385. The Morgan fingerprint density at radius 1 is 1.11 bits per heavy atom. The molecule has 11 heteroatoms. The van der Waals surface area contributed by atoms with E-state index in [1.807, 2.05) is 0 Å². The molecule has 4 amide bonds. The van der Waals surface area contributed by atoms with E-state index in [1.165, 1.54) is 24.0 Å². The second-order valence-corrected chi connectivity index (χ2v) is 8.96. The van der Waals surface area contributed by atoms with Crippen LogP contribution in [0.25, 0.3) is 0 Å². The summed E-state index contributed by atoms with van der Waals surface area (Å²) in [5, 5.41) is 2.86. The standard InChI is InChI=1S/C26H26F3N3O5/c1-3-37-24(35)19-14-31(18-9-7-16(8-10-18)21-11-12-22(33)30-21)25(36)32(23(19)34)13-17-5-4-6-20(15(17)2)26(27,28)29/h4-10,19,21H,3,11-14H2,1-2H3,(H,30,33). The van der Waals surface area contributed by atoms with E-state index in [0.29, 0.717) is 18.5 Å². The van der Waals surface area contributed by atoms with Crippen LogP contribution in [-0.2, 0) is 31.8 Å². The van der Waals surface area contributed by atoms with E-state index in [2.05, 4.69) is 5.32 Å². The molecule has 2 saturated heterocycles. The molecule has 2 heterocycles. The van der Waals surface area contributed by atoms with Crippen molar-refractivity contribution >= 4 is 29.5 Å². The number of anilines is 1. The Balaban J connectivity index is 1.66. The SMILES string of the molecule is CCOC(=O)C1CN(c2ccc(C3CCC(=O)N3)cc2)C(=O)N(Cc2cccc(C(F)(F)F)c2C)C1=O. The van der Waals surface area contributed by atoms with Gasteiger partial charge in [-0.3, -0.25) is 24.2 Å². The zero-order chi connectivity index (χ0) is 26.9. The van der Waals surface area contributed by atoms with Crippen LogP contribution in [0.5, 0.6) is 0 Å². The van der Waals surface area contributed by atoms with E-state index in [9.17, 15) is 32.3 Å². The minimum atomic E-state index is -4.60. The number of benzene rings is 2. The zero-order valence-electron chi connectivity index (χ0n) is 20.3. The second-order valence-electron chi connectivity index (χ2n) is 8.96. The predicted molar refractivity (Wildman–Crippen MR) is 126 cm³/mol. The first kappa shape index (κ1) is 26.2. The Morgan fingerprint density at radius 3 is 2.41 bits per heavy atom. The van der Waals surface area contributed by atoms with Crippen molar-refractivity contribution in [2.75, 3.05) is 18.1 Å². The molecular formula is C26H26F3N3O5. The van der Waals surface area contributed by atoms with Gasteiger partial charge in [0.1, 0.15) is 0 Å². The maximum Gasteiger partial charge on any atom is 0.416 e. The van der Waals surface area contributed by atoms with E-state index in [-0.39, 0.29) is 36.2 Å². The van der Waals surface area contributed by atoms with Crippen LogP contribution in [0, 0.1) is 12.8 Å². The molecule has 1 N–H and O–H groups in total. The van der Waals surface area contributed by atoms with Crippen LogP contribution in [0.4, 0.5) is 23.7 Å². The average molecular weight is 518 g/mol. The van der Waals surface area contributed by atoms with E-state index in [4.69, 9.17) is 4.74 Å². The second kappa shape index (κ2) is 10.2. The van der Waals surface area contributed by atoms with Gasteiger partial charge in [-0.05, 0) is 55.2 Å². The highest BCUT2D eigenvalue weighted by molar-refractivity contribution is 6.12. The van der Waals surface area contributed by atoms with Crippen LogP contribution in [0.3, 0.4) is 0 Å². The molecule has 37 heavy (non-hydrogen) atoms. The van der Waals surface area contributed by atoms with Gasteiger partial charge in [-0.2, -0.15) is 13.2 Å². The van der Waals surface area contributed by atoms with Crippen molar-refractivity contribution in [3.8, 4) is 0 Å². The third kappa shape index (κ3) is 5.30. The molecule has 2 unspecified atom stereocenters. The van der Waals surface area contributed by atoms with Gasteiger partial charge in [0.2, 0.25) is 11.8 Å². The molecule has 0 aliphatic carbocycles. The molecule has 0 aromatic heterocycles. The third-order valence-corrected chi connectivity index (χ3v) is 6.64. The first-order valence-electron chi connectivity index (χ1n) is 11.9. The zero-order valence-corrected chi connectivity index (χ0v) is 20.3. The van der Waals surface area contributed by atoms with Gasteiger partial charge in [0, 0.05) is 12.1 Å². The third-order valence-electron chi connectivity index (χ3n) is 6.64. The molecule has 0 bridgehead atoms. The van der Waals surface area contributed by atoms with Crippen LogP contribution < -0.4 is 10.2 Å². The van der Waals surface area contributed by atoms with Crippen molar-refractivity contribution < 1.29 is 37.1 Å². The maximum absolute atomic E-state index is 13.4. The van der Waals surface area contributed by atoms with Crippen LogP contribution in [-0.4, -0.2) is 41.9 Å². The summed E-state index contributed by atoms with van der Waals surface area (Å²) in [7, 11) is 0. The fourth-order valence-corrected chi connectivity index (χ4v) is 4.63. The number of nitrogens with one attached hydrogen (secondary N) is 1. The number of urea groups is 1. The molecular weight excluding hydrogens is 491 g/mol. The summed E-state index contributed by atoms with van der Waals surface area (Å²) < 4.78 is 45.3. The maximum atomic E-state index is 13.4. The van der Waals surface area contributed by atoms with E-state index in [1.54, 1.807) is 31.2 Å². The largest absolute Gasteiger partial charge is 0.465 e. The quantitative estimate of drug-likeness (QED) is 0.460. The number of rotatable bonds is 6. The number of halogens is 3. The molecule has 2 atom stereocenters. The van der Waals surface area contributed by atoms with Crippen molar-refractivity contribution in [1.82, 2.24) is 10.2 Å². The molecule has 2 aromatic rings. The molecule has 2 aliphatic rings. The molecule has 2 aromatic carbocycles. The molecule has 4 rings (SSSR count). The van der Waals surface area contributed by atoms with Crippen molar-refractivity contribution in [1.29, 1.82) is 0 Å². The van der Waals surface area contributed by atoms with E-state index in [0.717, 1.165) is 16.5 Å². The van der Waals surface area contributed by atoms with Gasteiger partial charge in [-0.25, -0.2) is 4.79 Å². The highest BCUT2D eigenvalue weighted by Gasteiger charge is 2.44. The number of hydrogen-bond donors (Lipinski definition) is 1. The summed E-state index contributed by atoms with van der Waals surface area (Å²) in [6.07, 6.45) is -3.54. The van der Waals surface area contributed by atoms with Gasteiger partial charge in [0.05, 0.1) is 31.3 Å². The lowest BCUT2D eigenvalue weighted by Crippen LogP contribution is -2.58. The van der Waals surface area contributed by atoms with Crippen LogP contribution in [0.1, 0.15) is 48.1 Å². The summed E-state index contributed by atoms with van der Waals surface area (Å²) in [5.74, 6) is -3.03. The van der Waals surface area contributed by atoms with Crippen LogP contribution in [0.2, 0.25) is 0 Å². The highest BCUT2D eigenvalue weighted by Crippen LogP contribution is 2.34. The van der Waals surface area contributed by atoms with Crippen molar-refractivity contribution in [2.24, 2.45) is 5.92 Å². The molecule has 2 aliphatic heterocycles. The topological polar surface area (TPSA) is 96.0 Å². The lowest BCUT2D eigenvalue weighted by Gasteiger charge is -2.38. The van der Waals surface area contributed by atoms with Gasteiger partial charge >= 0.3 is 18.2 Å². The molecule has 2 fully saturated rings. The fourth-order valence-electron chi connectivity index (χ4n) is 4.63. The predicted octanol–water partition coefficient (Wildman–Crippen LogP) is 4.11. The molecule has 0 radical (unpaired) electrons. The van der Waals surface area contributed by atoms with E-state index < -0.39 is 42.1 Å². The smallest absolute Gasteiger partial charge is 0.416 e. The van der Waals surface area contributed by atoms with Crippen molar-refractivity contribution in [3.63, 3.8) is 0 Å². The summed E-state index contributed by atoms with van der Waals surface area (Å²) in [6, 6.07) is 9.43. The summed E-state index contributed by atoms with van der Waals surface area (Å²) in [6.45, 7) is 2.17. The number of alkyl halides is 3. The van der Waals surface area contributed by atoms with Crippen molar-refractivity contribution in [2.45, 2.75) is 45.5 Å². The minimum absolute atomic E-state index is 0.0189. The summed E-state index contributed by atoms with van der Waals surface area (Å²) in [5.41, 5.74) is 0.395. The van der Waals surface area contributed by atoms with Gasteiger partial charge in [0.25, 0.3) is 0 Å². The number of imide groups is 1. The summed E-state index contributed by atoms with van der Waals surface area (Å²) in [4.78, 5) is 52.8. The van der Waals surface area contributed by atoms with Crippen LogP contribution >= 0.6 is 0 Å². The van der Waals surface area contributed by atoms with E-state index >= 15 is 0 Å².